The van der Waals surface area contributed by atoms with E-state index in [1.54, 1.807) is 17.4 Å². The number of rotatable bonds is 3. The minimum absolute atomic E-state index is 0.111. The molecule has 4 heteroatoms. The second kappa shape index (κ2) is 5.34. The Kier molecular flexibility index (Phi) is 4.02. The van der Waals surface area contributed by atoms with Crippen molar-refractivity contribution in [2.24, 2.45) is 0 Å². The van der Waals surface area contributed by atoms with Crippen LogP contribution in [0.25, 0.3) is 0 Å². The van der Waals surface area contributed by atoms with Crippen molar-refractivity contribution in [1.82, 2.24) is 0 Å². The van der Waals surface area contributed by atoms with Gasteiger partial charge in [0.25, 0.3) is 0 Å². The fourth-order valence-electron chi connectivity index (χ4n) is 1.61. The largest absolute Gasteiger partial charge is 0.294 e. The van der Waals surface area contributed by atoms with E-state index in [9.17, 15) is 4.79 Å². The Labute approximate surface area is 118 Å². The molecule has 1 aromatic carbocycles. The molecule has 1 heterocycles. The molecule has 88 valence electrons. The van der Waals surface area contributed by atoms with Crippen LogP contribution in [-0.4, -0.2) is 5.78 Å². The average Bonchev–Trinajstić information content (AvgIpc) is 2.68. The number of carbonyl (C=O) groups excluding carboxylic acids is 1. The standard InChI is InChI=1S/C13H10BrClOS/c1-8-11(3-2-4-12(8)15)13(16)6-10-5-9(14)7-17-10/h2-5,7H,6H2,1H3. The van der Waals surface area contributed by atoms with E-state index in [2.05, 4.69) is 15.9 Å². The van der Waals surface area contributed by atoms with Gasteiger partial charge in [0.1, 0.15) is 0 Å². The van der Waals surface area contributed by atoms with Gasteiger partial charge in [0.05, 0.1) is 0 Å². The number of Topliss-reactive ketones (excluding diaryl/α,β-unsaturated/α-hetero) is 1. The summed E-state index contributed by atoms with van der Waals surface area (Å²) >= 11 is 11.0. The SMILES string of the molecule is Cc1c(Cl)cccc1C(=O)Cc1cc(Br)cs1. The fourth-order valence-corrected chi connectivity index (χ4v) is 3.23. The first-order valence-corrected chi connectivity index (χ1v) is 7.14. The van der Waals surface area contributed by atoms with E-state index in [-0.39, 0.29) is 5.78 Å². The molecule has 0 atom stereocenters. The molecule has 17 heavy (non-hydrogen) atoms. The molecule has 0 spiro atoms. The lowest BCUT2D eigenvalue weighted by atomic mass is 10.0. The summed E-state index contributed by atoms with van der Waals surface area (Å²) in [7, 11) is 0. The molecule has 0 aliphatic heterocycles. The molecule has 1 aromatic heterocycles. The molecule has 0 saturated carbocycles. The predicted molar refractivity (Wildman–Crippen MR) is 76.2 cm³/mol. The van der Waals surface area contributed by atoms with Crippen molar-refractivity contribution >= 4 is 44.7 Å². The van der Waals surface area contributed by atoms with Crippen LogP contribution in [0.15, 0.2) is 34.1 Å². The molecule has 0 N–H and O–H groups in total. The van der Waals surface area contributed by atoms with E-state index in [1.165, 1.54) is 0 Å². The van der Waals surface area contributed by atoms with Gasteiger partial charge in [-0.3, -0.25) is 4.79 Å². The summed E-state index contributed by atoms with van der Waals surface area (Å²) in [6.07, 6.45) is 0.428. The maximum Gasteiger partial charge on any atom is 0.168 e. The van der Waals surface area contributed by atoms with Crippen LogP contribution < -0.4 is 0 Å². The normalized spacial score (nSPS) is 10.5. The zero-order valence-electron chi connectivity index (χ0n) is 9.17. The third kappa shape index (κ3) is 2.97. The highest BCUT2D eigenvalue weighted by Gasteiger charge is 2.12. The molecule has 0 amide bonds. The second-order valence-corrected chi connectivity index (χ2v) is 6.06. The summed E-state index contributed by atoms with van der Waals surface area (Å²) in [4.78, 5) is 13.2. The highest BCUT2D eigenvalue weighted by molar-refractivity contribution is 9.10. The molecule has 1 nitrogen and oxygen atoms in total. The Bertz CT molecular complexity index is 562. The number of ketones is 1. The van der Waals surface area contributed by atoms with Gasteiger partial charge in [-0.25, -0.2) is 0 Å². The smallest absolute Gasteiger partial charge is 0.168 e. The lowest BCUT2D eigenvalue weighted by Crippen LogP contribution is -2.04. The van der Waals surface area contributed by atoms with Crippen molar-refractivity contribution in [1.29, 1.82) is 0 Å². The van der Waals surface area contributed by atoms with Crippen molar-refractivity contribution in [3.8, 4) is 0 Å². The molecule has 2 rings (SSSR count). The lowest BCUT2D eigenvalue weighted by molar-refractivity contribution is 0.0993. The average molecular weight is 330 g/mol. The van der Waals surface area contributed by atoms with Crippen molar-refractivity contribution in [3.05, 3.63) is 55.1 Å². The van der Waals surface area contributed by atoms with Crippen molar-refractivity contribution in [2.45, 2.75) is 13.3 Å². The number of hydrogen-bond donors (Lipinski definition) is 0. The van der Waals surface area contributed by atoms with Gasteiger partial charge >= 0.3 is 0 Å². The van der Waals surface area contributed by atoms with Gasteiger partial charge in [0.2, 0.25) is 0 Å². The van der Waals surface area contributed by atoms with Crippen LogP contribution in [-0.2, 0) is 6.42 Å². The summed E-state index contributed by atoms with van der Waals surface area (Å²) < 4.78 is 1.02. The van der Waals surface area contributed by atoms with E-state index in [0.717, 1.165) is 14.9 Å². The molecule has 0 radical (unpaired) electrons. The Hall–Kier alpha value is -0.640. The molecule has 0 aliphatic rings. The highest BCUT2D eigenvalue weighted by atomic mass is 79.9. The molecule has 2 aromatic rings. The van der Waals surface area contributed by atoms with Gasteiger partial charge in [-0.05, 0) is 40.5 Å². The molecule has 0 unspecified atom stereocenters. The lowest BCUT2D eigenvalue weighted by Gasteiger charge is -2.05. The van der Waals surface area contributed by atoms with Gasteiger partial charge in [-0.1, -0.05) is 23.7 Å². The third-order valence-corrected chi connectivity index (χ3v) is 4.63. The molecular formula is C13H10BrClOS. The second-order valence-electron chi connectivity index (χ2n) is 3.74. The Morgan fingerprint density at radius 1 is 1.47 bits per heavy atom. The van der Waals surface area contributed by atoms with E-state index in [4.69, 9.17) is 11.6 Å². The minimum atomic E-state index is 0.111. The van der Waals surface area contributed by atoms with Crippen molar-refractivity contribution in [2.75, 3.05) is 0 Å². The predicted octanol–water partition coefficient (Wildman–Crippen LogP) is 4.90. The maximum absolute atomic E-state index is 12.1. The zero-order chi connectivity index (χ0) is 12.4. The van der Waals surface area contributed by atoms with Gasteiger partial charge in [0, 0.05) is 31.7 Å². The zero-order valence-corrected chi connectivity index (χ0v) is 12.3. The maximum atomic E-state index is 12.1. The summed E-state index contributed by atoms with van der Waals surface area (Å²) in [5, 5.41) is 2.62. The van der Waals surface area contributed by atoms with Crippen LogP contribution in [0.1, 0.15) is 20.8 Å². The van der Waals surface area contributed by atoms with Gasteiger partial charge in [0.15, 0.2) is 5.78 Å². The van der Waals surface area contributed by atoms with E-state index in [1.807, 2.05) is 30.5 Å². The van der Waals surface area contributed by atoms with Crippen LogP contribution >= 0.6 is 38.9 Å². The Morgan fingerprint density at radius 2 is 2.24 bits per heavy atom. The number of halogens is 2. The number of hydrogen-bond acceptors (Lipinski definition) is 2. The molecule has 0 aliphatic carbocycles. The summed E-state index contributed by atoms with van der Waals surface area (Å²) in [6.45, 7) is 1.87. The first-order valence-electron chi connectivity index (χ1n) is 5.09. The molecule has 0 fully saturated rings. The van der Waals surface area contributed by atoms with Crippen molar-refractivity contribution in [3.63, 3.8) is 0 Å². The molecule has 0 bridgehead atoms. The first-order chi connectivity index (χ1) is 8.08. The van der Waals surface area contributed by atoms with Gasteiger partial charge < -0.3 is 0 Å². The third-order valence-electron chi connectivity index (χ3n) is 2.52. The Balaban J connectivity index is 2.23. The minimum Gasteiger partial charge on any atom is -0.294 e. The van der Waals surface area contributed by atoms with E-state index >= 15 is 0 Å². The van der Waals surface area contributed by atoms with Crippen LogP contribution in [0.3, 0.4) is 0 Å². The Morgan fingerprint density at radius 3 is 2.88 bits per heavy atom. The molecule has 0 saturated heterocycles. The summed E-state index contributed by atoms with van der Waals surface area (Å²) in [5.74, 6) is 0.111. The van der Waals surface area contributed by atoms with E-state index in [0.29, 0.717) is 17.0 Å². The topological polar surface area (TPSA) is 17.1 Å². The number of thiophene rings is 1. The van der Waals surface area contributed by atoms with Crippen LogP contribution in [0.4, 0.5) is 0 Å². The van der Waals surface area contributed by atoms with Crippen molar-refractivity contribution < 1.29 is 4.79 Å². The van der Waals surface area contributed by atoms with Gasteiger partial charge in [-0.15, -0.1) is 11.3 Å². The summed E-state index contributed by atoms with van der Waals surface area (Å²) in [6, 6.07) is 7.41. The van der Waals surface area contributed by atoms with Gasteiger partial charge in [-0.2, -0.15) is 0 Å². The number of benzene rings is 1. The summed E-state index contributed by atoms with van der Waals surface area (Å²) in [5.41, 5.74) is 1.57. The van der Waals surface area contributed by atoms with E-state index < -0.39 is 0 Å². The number of carbonyl (C=O) groups is 1. The highest BCUT2D eigenvalue weighted by Crippen LogP contribution is 2.24. The first kappa shape index (κ1) is 12.8. The van der Waals surface area contributed by atoms with Crippen LogP contribution in [0, 0.1) is 6.92 Å². The van der Waals surface area contributed by atoms with Crippen LogP contribution in [0.2, 0.25) is 5.02 Å². The quantitative estimate of drug-likeness (QED) is 0.732. The monoisotopic (exact) mass is 328 g/mol. The van der Waals surface area contributed by atoms with Crippen LogP contribution in [0.5, 0.6) is 0 Å². The molecular weight excluding hydrogens is 320 g/mol. The fraction of sp³-hybridized carbons (Fsp3) is 0.154.